The van der Waals surface area contributed by atoms with Gasteiger partial charge in [0, 0.05) is 44.8 Å². The van der Waals surface area contributed by atoms with Crippen molar-refractivity contribution in [1.82, 2.24) is 15.2 Å². The first-order chi connectivity index (χ1) is 14.7. The van der Waals surface area contributed by atoms with Crippen LogP contribution in [-0.2, 0) is 4.79 Å². The molecule has 30 heavy (non-hydrogen) atoms. The third kappa shape index (κ3) is 3.71. The number of hydrogen-bond donors (Lipinski definition) is 1. The summed E-state index contributed by atoms with van der Waals surface area (Å²) in [5.41, 5.74) is -0.461. The summed E-state index contributed by atoms with van der Waals surface area (Å²) >= 11 is 1.49. The van der Waals surface area contributed by atoms with Gasteiger partial charge in [0.1, 0.15) is 5.82 Å². The maximum atomic E-state index is 13.5. The molecule has 2 aromatic rings. The van der Waals surface area contributed by atoms with Crippen molar-refractivity contribution < 1.29 is 9.59 Å². The van der Waals surface area contributed by atoms with Crippen molar-refractivity contribution in [1.29, 1.82) is 0 Å². The van der Waals surface area contributed by atoms with Gasteiger partial charge in [0.15, 0.2) is 0 Å². The average Bonchev–Trinajstić information content (AvgIpc) is 3.36. The van der Waals surface area contributed by atoms with Crippen LogP contribution >= 0.6 is 11.3 Å². The number of amides is 2. The van der Waals surface area contributed by atoms with Crippen molar-refractivity contribution in [2.24, 2.45) is 17.3 Å². The monoisotopic (exact) mass is 424 g/mol. The van der Waals surface area contributed by atoms with Gasteiger partial charge in [0.2, 0.25) is 5.91 Å². The Bertz CT molecular complexity index is 899. The van der Waals surface area contributed by atoms with E-state index in [9.17, 15) is 9.59 Å². The fourth-order valence-corrected chi connectivity index (χ4v) is 5.69. The summed E-state index contributed by atoms with van der Waals surface area (Å²) in [6.45, 7) is 3.55. The first kappa shape index (κ1) is 19.5. The lowest BCUT2D eigenvalue weighted by molar-refractivity contribution is -0.132. The van der Waals surface area contributed by atoms with Gasteiger partial charge in [0.25, 0.3) is 5.91 Å². The van der Waals surface area contributed by atoms with Crippen molar-refractivity contribution in [2.75, 3.05) is 37.6 Å². The number of likely N-dealkylation sites (tertiary alicyclic amines) is 1. The second-order valence-electron chi connectivity index (χ2n) is 8.91. The van der Waals surface area contributed by atoms with Crippen LogP contribution in [0.25, 0.3) is 0 Å². The van der Waals surface area contributed by atoms with Crippen LogP contribution in [-0.4, -0.2) is 54.4 Å². The molecule has 0 spiro atoms. The number of hydrogen-bond acceptors (Lipinski definition) is 5. The third-order valence-electron chi connectivity index (χ3n) is 6.88. The molecule has 1 aliphatic carbocycles. The van der Waals surface area contributed by atoms with Crippen molar-refractivity contribution in [2.45, 2.75) is 25.7 Å². The number of pyridine rings is 1. The van der Waals surface area contributed by atoms with E-state index in [4.69, 9.17) is 0 Å². The van der Waals surface area contributed by atoms with E-state index in [1.807, 2.05) is 40.6 Å². The van der Waals surface area contributed by atoms with Crippen molar-refractivity contribution in [3.63, 3.8) is 0 Å². The first-order valence-electron chi connectivity index (χ1n) is 10.9. The predicted molar refractivity (Wildman–Crippen MR) is 118 cm³/mol. The van der Waals surface area contributed by atoms with Crippen LogP contribution in [0.3, 0.4) is 0 Å². The third-order valence-corrected chi connectivity index (χ3v) is 7.74. The summed E-state index contributed by atoms with van der Waals surface area (Å²) in [4.78, 5) is 36.1. The normalized spacial score (nSPS) is 26.2. The maximum absolute atomic E-state index is 13.5. The van der Waals surface area contributed by atoms with Crippen LogP contribution in [0, 0.1) is 17.3 Å². The molecule has 1 N–H and O–H groups in total. The Kier molecular flexibility index (Phi) is 5.23. The highest BCUT2D eigenvalue weighted by atomic mass is 32.1. The Morgan fingerprint density at radius 2 is 2.10 bits per heavy atom. The van der Waals surface area contributed by atoms with Gasteiger partial charge in [-0.3, -0.25) is 9.59 Å². The molecule has 2 aliphatic heterocycles. The topological polar surface area (TPSA) is 65.5 Å². The Balaban J connectivity index is 1.41. The standard InChI is InChI=1S/C23H28N4O2S/c28-21(19-5-3-12-30-19)26-11-4-9-23(22(29)25-13-17-7-8-17)16-27(15-18(23)14-26)20-6-1-2-10-24-20/h1-3,5-6,10,12,17-18H,4,7-9,11,13-16H2,(H,25,29)/t18-,23-/m0/s1. The molecule has 2 saturated heterocycles. The predicted octanol–water partition coefficient (Wildman–Crippen LogP) is 3.03. The van der Waals surface area contributed by atoms with Gasteiger partial charge >= 0.3 is 0 Å². The van der Waals surface area contributed by atoms with Gasteiger partial charge in [0.05, 0.1) is 10.3 Å². The number of thiophene rings is 1. The minimum absolute atomic E-state index is 0.0930. The highest BCUT2D eigenvalue weighted by Crippen LogP contribution is 2.44. The number of carbonyl (C=O) groups is 2. The quantitative estimate of drug-likeness (QED) is 0.801. The van der Waals surface area contributed by atoms with E-state index in [-0.39, 0.29) is 17.7 Å². The van der Waals surface area contributed by atoms with Gasteiger partial charge in [-0.15, -0.1) is 11.3 Å². The van der Waals surface area contributed by atoms with E-state index >= 15 is 0 Å². The molecule has 4 heterocycles. The molecule has 0 unspecified atom stereocenters. The lowest BCUT2D eigenvalue weighted by atomic mass is 9.74. The lowest BCUT2D eigenvalue weighted by Gasteiger charge is -2.32. The molecular weight excluding hydrogens is 396 g/mol. The number of rotatable bonds is 5. The van der Waals surface area contributed by atoms with Crippen LogP contribution in [0.15, 0.2) is 41.9 Å². The Morgan fingerprint density at radius 3 is 2.83 bits per heavy atom. The van der Waals surface area contributed by atoms with E-state index in [0.29, 0.717) is 25.6 Å². The smallest absolute Gasteiger partial charge is 0.263 e. The Labute approximate surface area is 181 Å². The fourth-order valence-electron chi connectivity index (χ4n) is 4.99. The average molecular weight is 425 g/mol. The number of fused-ring (bicyclic) bond motifs is 1. The molecule has 1 saturated carbocycles. The minimum Gasteiger partial charge on any atom is -0.355 e. The molecule has 0 aromatic carbocycles. The van der Waals surface area contributed by atoms with Crippen LogP contribution < -0.4 is 10.2 Å². The van der Waals surface area contributed by atoms with Gasteiger partial charge in [-0.25, -0.2) is 4.98 Å². The molecular formula is C23H28N4O2S. The maximum Gasteiger partial charge on any atom is 0.263 e. The summed E-state index contributed by atoms with van der Waals surface area (Å²) in [7, 11) is 0. The lowest BCUT2D eigenvalue weighted by Crippen LogP contribution is -2.48. The van der Waals surface area contributed by atoms with Crippen LogP contribution in [0.5, 0.6) is 0 Å². The Morgan fingerprint density at radius 1 is 1.20 bits per heavy atom. The first-order valence-corrected chi connectivity index (χ1v) is 11.8. The minimum atomic E-state index is -0.461. The van der Waals surface area contributed by atoms with E-state index in [2.05, 4.69) is 15.2 Å². The molecule has 158 valence electrons. The van der Waals surface area contributed by atoms with E-state index in [1.165, 1.54) is 24.2 Å². The van der Waals surface area contributed by atoms with Gasteiger partial charge < -0.3 is 15.1 Å². The summed E-state index contributed by atoms with van der Waals surface area (Å²) in [6.07, 6.45) is 5.90. The van der Waals surface area contributed by atoms with Crippen molar-refractivity contribution in [3.05, 3.63) is 46.8 Å². The van der Waals surface area contributed by atoms with E-state index in [0.717, 1.165) is 36.6 Å². The largest absolute Gasteiger partial charge is 0.355 e. The van der Waals surface area contributed by atoms with Crippen molar-refractivity contribution >= 4 is 29.0 Å². The summed E-state index contributed by atoms with van der Waals surface area (Å²) in [5.74, 6) is 1.93. The van der Waals surface area contributed by atoms with E-state index < -0.39 is 5.41 Å². The summed E-state index contributed by atoms with van der Waals surface area (Å²) in [6, 6.07) is 9.72. The zero-order chi connectivity index (χ0) is 20.6. The number of aromatic nitrogens is 1. The zero-order valence-electron chi connectivity index (χ0n) is 17.1. The molecule has 2 aromatic heterocycles. The highest BCUT2D eigenvalue weighted by Gasteiger charge is 2.53. The molecule has 3 fully saturated rings. The van der Waals surface area contributed by atoms with Crippen LogP contribution in [0.2, 0.25) is 0 Å². The van der Waals surface area contributed by atoms with Gasteiger partial charge in [-0.1, -0.05) is 12.1 Å². The highest BCUT2D eigenvalue weighted by molar-refractivity contribution is 7.12. The number of nitrogens with one attached hydrogen (secondary N) is 1. The SMILES string of the molecule is O=C(c1cccs1)N1CCC[C@]2(C(=O)NCC3CC3)CN(c3ccccn3)C[C@@H]2C1. The molecule has 7 heteroatoms. The number of carbonyl (C=O) groups excluding carboxylic acids is 2. The molecule has 0 bridgehead atoms. The second-order valence-corrected chi connectivity index (χ2v) is 9.85. The molecule has 0 radical (unpaired) electrons. The molecule has 2 atom stereocenters. The summed E-state index contributed by atoms with van der Waals surface area (Å²) in [5, 5.41) is 5.20. The molecule has 2 amide bonds. The second kappa shape index (κ2) is 8.02. The van der Waals surface area contributed by atoms with Gasteiger partial charge in [-0.05, 0) is 55.2 Å². The molecule has 5 rings (SSSR count). The number of nitrogens with zero attached hydrogens (tertiary/aromatic N) is 3. The Hall–Kier alpha value is -2.41. The van der Waals surface area contributed by atoms with Gasteiger partial charge in [-0.2, -0.15) is 0 Å². The van der Waals surface area contributed by atoms with Crippen molar-refractivity contribution in [3.8, 4) is 0 Å². The summed E-state index contributed by atoms with van der Waals surface area (Å²) < 4.78 is 0. The van der Waals surface area contributed by atoms with Crippen LogP contribution in [0.4, 0.5) is 5.82 Å². The zero-order valence-corrected chi connectivity index (χ0v) is 17.9. The van der Waals surface area contributed by atoms with E-state index in [1.54, 1.807) is 6.20 Å². The molecule has 3 aliphatic rings. The van der Waals surface area contributed by atoms with Crippen LogP contribution in [0.1, 0.15) is 35.4 Å². The fraction of sp³-hybridized carbons (Fsp3) is 0.522. The molecule has 6 nitrogen and oxygen atoms in total. The number of anilines is 1.